The van der Waals surface area contributed by atoms with Gasteiger partial charge < -0.3 is 10.6 Å². The predicted molar refractivity (Wildman–Crippen MR) is 116 cm³/mol. The molecule has 0 bridgehead atoms. The van der Waals surface area contributed by atoms with Crippen molar-refractivity contribution in [3.63, 3.8) is 0 Å². The van der Waals surface area contributed by atoms with Gasteiger partial charge in [0.25, 0.3) is 5.91 Å². The normalized spacial score (nSPS) is 14.0. The minimum absolute atomic E-state index is 0.0673. The molecular weight excluding hydrogens is 378 g/mol. The topological polar surface area (TPSA) is 88.4 Å². The number of hydrogen-bond donors (Lipinski definition) is 2. The maximum Gasteiger partial charge on any atom is 0.251 e. The third kappa shape index (κ3) is 4.06. The Hall–Kier alpha value is -3.22. The van der Waals surface area contributed by atoms with Crippen molar-refractivity contribution in [2.24, 2.45) is 5.92 Å². The van der Waals surface area contributed by atoms with Gasteiger partial charge in [0.05, 0.1) is 5.69 Å². The highest BCUT2D eigenvalue weighted by Crippen LogP contribution is 2.28. The molecule has 7 nitrogen and oxygen atoms in total. The van der Waals surface area contributed by atoms with Crippen molar-refractivity contribution in [2.75, 3.05) is 5.32 Å². The molecule has 1 aliphatic rings. The van der Waals surface area contributed by atoms with Gasteiger partial charge in [0, 0.05) is 29.3 Å². The molecule has 1 aliphatic carbocycles. The number of nitrogens with one attached hydrogen (secondary N) is 2. The van der Waals surface area contributed by atoms with E-state index in [1.165, 1.54) is 0 Å². The molecule has 2 heterocycles. The molecule has 2 aromatic heterocycles. The van der Waals surface area contributed by atoms with Crippen molar-refractivity contribution >= 4 is 23.1 Å². The van der Waals surface area contributed by atoms with Gasteiger partial charge in [-0.3, -0.25) is 14.0 Å². The number of benzene rings is 1. The Kier molecular flexibility index (Phi) is 5.79. The first-order valence-corrected chi connectivity index (χ1v) is 10.7. The Morgan fingerprint density at radius 3 is 2.43 bits per heavy atom. The fraction of sp³-hybridized carbons (Fsp3) is 0.391. The van der Waals surface area contributed by atoms with Crippen LogP contribution in [0, 0.1) is 5.92 Å². The Bertz CT molecular complexity index is 1050. The SMILES string of the molecule is CCC(CC)NC(=O)c1ccc(-c2nnc3ccc(NC(=O)C4CCC4)cn23)cc1. The van der Waals surface area contributed by atoms with Crippen molar-refractivity contribution in [3.8, 4) is 11.4 Å². The van der Waals surface area contributed by atoms with Crippen LogP contribution >= 0.6 is 0 Å². The number of nitrogens with zero attached hydrogens (tertiary/aromatic N) is 3. The zero-order valence-electron chi connectivity index (χ0n) is 17.4. The average Bonchev–Trinajstić information content (AvgIpc) is 3.14. The summed E-state index contributed by atoms with van der Waals surface area (Å²) in [6.07, 6.45) is 6.71. The minimum atomic E-state index is -0.0673. The summed E-state index contributed by atoms with van der Waals surface area (Å²) in [6, 6.07) is 11.2. The highest BCUT2D eigenvalue weighted by molar-refractivity contribution is 5.95. The first kappa shape index (κ1) is 20.1. The number of amides is 2. The molecule has 30 heavy (non-hydrogen) atoms. The van der Waals surface area contributed by atoms with Gasteiger partial charge in [0.15, 0.2) is 11.5 Å². The van der Waals surface area contributed by atoms with Crippen molar-refractivity contribution in [1.29, 1.82) is 0 Å². The van der Waals surface area contributed by atoms with Crippen molar-refractivity contribution in [1.82, 2.24) is 19.9 Å². The summed E-state index contributed by atoms with van der Waals surface area (Å²) < 4.78 is 1.86. The molecule has 0 unspecified atom stereocenters. The second-order valence-corrected chi connectivity index (χ2v) is 7.85. The molecule has 2 N–H and O–H groups in total. The Labute approximate surface area is 175 Å². The van der Waals surface area contributed by atoms with Crippen LogP contribution in [0.5, 0.6) is 0 Å². The number of rotatable bonds is 7. The molecule has 0 atom stereocenters. The number of aromatic nitrogens is 3. The Morgan fingerprint density at radius 1 is 1.07 bits per heavy atom. The third-order valence-electron chi connectivity index (χ3n) is 5.87. The standard InChI is InChI=1S/C23H27N5O2/c1-3-18(4-2)24-23(30)17-10-8-15(9-11-17)21-27-26-20-13-12-19(14-28(20)21)25-22(29)16-6-5-7-16/h8-14,16,18H,3-7H2,1-2H3,(H,24,30)(H,25,29). The molecule has 0 radical (unpaired) electrons. The number of carbonyl (C=O) groups is 2. The molecule has 1 saturated carbocycles. The largest absolute Gasteiger partial charge is 0.349 e. The number of anilines is 1. The molecule has 4 rings (SSSR count). The number of fused-ring (bicyclic) bond motifs is 1. The van der Waals surface area contributed by atoms with E-state index >= 15 is 0 Å². The van der Waals surface area contributed by atoms with Gasteiger partial charge >= 0.3 is 0 Å². The van der Waals surface area contributed by atoms with Crippen LogP contribution in [0.25, 0.3) is 17.0 Å². The van der Waals surface area contributed by atoms with E-state index in [2.05, 4.69) is 34.7 Å². The highest BCUT2D eigenvalue weighted by atomic mass is 16.2. The van der Waals surface area contributed by atoms with Gasteiger partial charge in [-0.1, -0.05) is 32.4 Å². The summed E-state index contributed by atoms with van der Waals surface area (Å²) in [5.41, 5.74) is 2.89. The summed E-state index contributed by atoms with van der Waals surface area (Å²) >= 11 is 0. The quantitative estimate of drug-likeness (QED) is 0.621. The molecule has 156 valence electrons. The van der Waals surface area contributed by atoms with E-state index in [0.29, 0.717) is 17.0 Å². The maximum atomic E-state index is 12.4. The van der Waals surface area contributed by atoms with Crippen LogP contribution in [0.15, 0.2) is 42.6 Å². The smallest absolute Gasteiger partial charge is 0.251 e. The lowest BCUT2D eigenvalue weighted by atomic mass is 9.85. The number of pyridine rings is 1. The van der Waals surface area contributed by atoms with Crippen molar-refractivity contribution in [2.45, 2.75) is 52.0 Å². The van der Waals surface area contributed by atoms with E-state index in [9.17, 15) is 9.59 Å². The fourth-order valence-corrected chi connectivity index (χ4v) is 3.61. The van der Waals surface area contributed by atoms with E-state index in [-0.39, 0.29) is 23.8 Å². The number of carbonyl (C=O) groups excluding carboxylic acids is 2. The van der Waals surface area contributed by atoms with Gasteiger partial charge in [0.2, 0.25) is 5.91 Å². The highest BCUT2D eigenvalue weighted by Gasteiger charge is 2.25. The monoisotopic (exact) mass is 405 g/mol. The first-order valence-electron chi connectivity index (χ1n) is 10.7. The van der Waals surface area contributed by atoms with Crippen LogP contribution in [-0.4, -0.2) is 32.5 Å². The van der Waals surface area contributed by atoms with Crippen molar-refractivity contribution < 1.29 is 9.59 Å². The van der Waals surface area contributed by atoms with Crippen LogP contribution in [0.1, 0.15) is 56.3 Å². The molecule has 3 aromatic rings. The lowest BCUT2D eigenvalue weighted by molar-refractivity contribution is -0.122. The third-order valence-corrected chi connectivity index (χ3v) is 5.87. The van der Waals surface area contributed by atoms with E-state index in [4.69, 9.17) is 0 Å². The number of hydrogen-bond acceptors (Lipinski definition) is 4. The summed E-state index contributed by atoms with van der Waals surface area (Å²) in [5, 5.41) is 14.6. The van der Waals surface area contributed by atoms with Gasteiger partial charge in [-0.15, -0.1) is 10.2 Å². The van der Waals surface area contributed by atoms with E-state index < -0.39 is 0 Å². The van der Waals surface area contributed by atoms with Crippen LogP contribution in [0.4, 0.5) is 5.69 Å². The van der Waals surface area contributed by atoms with Crippen LogP contribution in [-0.2, 0) is 4.79 Å². The summed E-state index contributed by atoms with van der Waals surface area (Å²) in [4.78, 5) is 24.7. The first-order chi connectivity index (χ1) is 14.6. The van der Waals surface area contributed by atoms with Crippen LogP contribution in [0.3, 0.4) is 0 Å². The van der Waals surface area contributed by atoms with E-state index in [1.54, 1.807) is 12.1 Å². The maximum absolute atomic E-state index is 12.4. The van der Waals surface area contributed by atoms with Crippen LogP contribution < -0.4 is 10.6 Å². The van der Waals surface area contributed by atoms with Gasteiger partial charge in [-0.2, -0.15) is 0 Å². The fourth-order valence-electron chi connectivity index (χ4n) is 3.61. The predicted octanol–water partition coefficient (Wildman–Crippen LogP) is 4.05. The molecule has 7 heteroatoms. The molecular formula is C23H27N5O2. The van der Waals surface area contributed by atoms with Crippen LogP contribution in [0.2, 0.25) is 0 Å². The zero-order valence-corrected chi connectivity index (χ0v) is 17.4. The van der Waals surface area contributed by atoms with E-state index in [0.717, 1.165) is 43.4 Å². The van der Waals surface area contributed by atoms with E-state index in [1.807, 2.05) is 34.9 Å². The van der Waals surface area contributed by atoms with Gasteiger partial charge in [-0.05, 0) is 49.9 Å². The molecule has 1 aromatic carbocycles. The van der Waals surface area contributed by atoms with Gasteiger partial charge in [-0.25, -0.2) is 0 Å². The average molecular weight is 406 g/mol. The summed E-state index contributed by atoms with van der Waals surface area (Å²) in [5.74, 6) is 0.793. The molecule has 0 saturated heterocycles. The summed E-state index contributed by atoms with van der Waals surface area (Å²) in [6.45, 7) is 4.13. The Morgan fingerprint density at radius 2 is 1.80 bits per heavy atom. The second kappa shape index (κ2) is 8.65. The molecule has 0 spiro atoms. The molecule has 1 fully saturated rings. The van der Waals surface area contributed by atoms with Crippen molar-refractivity contribution in [3.05, 3.63) is 48.2 Å². The van der Waals surface area contributed by atoms with Gasteiger partial charge in [0.1, 0.15) is 0 Å². The zero-order chi connectivity index (χ0) is 21.1. The Balaban J connectivity index is 1.54. The summed E-state index contributed by atoms with van der Waals surface area (Å²) in [7, 11) is 0. The molecule has 2 amide bonds. The second-order valence-electron chi connectivity index (χ2n) is 7.85. The molecule has 0 aliphatic heterocycles. The lowest BCUT2D eigenvalue weighted by Gasteiger charge is -2.24. The lowest BCUT2D eigenvalue weighted by Crippen LogP contribution is -2.33. The minimum Gasteiger partial charge on any atom is -0.349 e.